The van der Waals surface area contributed by atoms with Gasteiger partial charge in [0.1, 0.15) is 0 Å². The topological polar surface area (TPSA) is 29.1 Å². The Balaban J connectivity index is 2.47. The summed E-state index contributed by atoms with van der Waals surface area (Å²) in [6.07, 6.45) is 4.17. The number of hydrogen-bond acceptors (Lipinski definition) is 1. The van der Waals surface area contributed by atoms with Crippen LogP contribution in [0.25, 0.3) is 0 Å². The second-order valence-corrected chi connectivity index (χ2v) is 3.64. The van der Waals surface area contributed by atoms with E-state index in [-0.39, 0.29) is 11.8 Å². The molecule has 0 saturated carbocycles. The molecular formula is C10H17NO. The van der Waals surface area contributed by atoms with E-state index in [1.165, 1.54) is 0 Å². The third-order valence-corrected chi connectivity index (χ3v) is 2.24. The van der Waals surface area contributed by atoms with Crippen molar-refractivity contribution in [2.24, 2.45) is 5.92 Å². The van der Waals surface area contributed by atoms with Crippen molar-refractivity contribution in [3.05, 3.63) is 12.2 Å². The Morgan fingerprint density at radius 2 is 2.42 bits per heavy atom. The molecule has 1 heterocycles. The fourth-order valence-electron chi connectivity index (χ4n) is 1.62. The summed E-state index contributed by atoms with van der Waals surface area (Å²) in [5.41, 5.74) is 1.11. The molecular weight excluding hydrogens is 150 g/mol. The van der Waals surface area contributed by atoms with E-state index < -0.39 is 0 Å². The predicted octanol–water partition coefficient (Wildman–Crippen LogP) is 1.87. The molecule has 2 heteroatoms. The second kappa shape index (κ2) is 4.29. The number of rotatable bonds is 2. The highest BCUT2D eigenvalue weighted by atomic mass is 16.1. The van der Waals surface area contributed by atoms with E-state index in [9.17, 15) is 4.79 Å². The van der Waals surface area contributed by atoms with Gasteiger partial charge >= 0.3 is 0 Å². The smallest absolute Gasteiger partial charge is 0.223 e. The van der Waals surface area contributed by atoms with Gasteiger partial charge in [-0.2, -0.15) is 0 Å². The van der Waals surface area contributed by atoms with Gasteiger partial charge in [0.05, 0.1) is 0 Å². The van der Waals surface area contributed by atoms with E-state index in [0.717, 1.165) is 37.8 Å². The highest BCUT2D eigenvalue weighted by Gasteiger charge is 2.19. The summed E-state index contributed by atoms with van der Waals surface area (Å²) in [5, 5.41) is 2.92. The first-order chi connectivity index (χ1) is 5.70. The summed E-state index contributed by atoms with van der Waals surface area (Å²) < 4.78 is 0. The van der Waals surface area contributed by atoms with E-state index in [2.05, 4.69) is 11.9 Å². The maximum Gasteiger partial charge on any atom is 0.223 e. The van der Waals surface area contributed by atoms with Gasteiger partial charge in [-0.25, -0.2) is 0 Å². The van der Waals surface area contributed by atoms with Crippen molar-refractivity contribution in [3.8, 4) is 0 Å². The van der Waals surface area contributed by atoms with Gasteiger partial charge < -0.3 is 5.32 Å². The molecule has 0 aromatic heterocycles. The van der Waals surface area contributed by atoms with Crippen molar-refractivity contribution < 1.29 is 4.79 Å². The predicted molar refractivity (Wildman–Crippen MR) is 49.8 cm³/mol. The summed E-state index contributed by atoms with van der Waals surface area (Å²) in [4.78, 5) is 11.4. The molecule has 0 aromatic carbocycles. The Morgan fingerprint density at radius 1 is 1.67 bits per heavy atom. The molecule has 1 aliphatic rings. The lowest BCUT2D eigenvalue weighted by atomic mass is 9.96. The third kappa shape index (κ3) is 2.68. The Kier molecular flexibility index (Phi) is 3.32. The van der Waals surface area contributed by atoms with E-state index in [4.69, 9.17) is 0 Å². The molecule has 1 N–H and O–H groups in total. The molecule has 2 nitrogen and oxygen atoms in total. The van der Waals surface area contributed by atoms with Gasteiger partial charge in [-0.1, -0.05) is 12.0 Å². The van der Waals surface area contributed by atoms with Crippen LogP contribution in [0.15, 0.2) is 12.2 Å². The summed E-state index contributed by atoms with van der Waals surface area (Å²) in [6, 6.07) is 0. The Labute approximate surface area is 74.0 Å². The Morgan fingerprint density at radius 3 is 3.08 bits per heavy atom. The maximum atomic E-state index is 11.4. The molecule has 1 aliphatic heterocycles. The molecule has 0 spiro atoms. The zero-order chi connectivity index (χ0) is 8.97. The van der Waals surface area contributed by atoms with Gasteiger partial charge in [0, 0.05) is 12.5 Å². The van der Waals surface area contributed by atoms with Crippen molar-refractivity contribution in [1.29, 1.82) is 0 Å². The van der Waals surface area contributed by atoms with E-state index in [1.54, 1.807) is 0 Å². The lowest BCUT2D eigenvalue weighted by Gasteiger charge is -2.11. The van der Waals surface area contributed by atoms with Crippen LogP contribution in [-0.2, 0) is 4.79 Å². The number of nitrogens with one attached hydrogen (secondary N) is 1. The van der Waals surface area contributed by atoms with Crippen molar-refractivity contribution >= 4 is 5.91 Å². The summed E-state index contributed by atoms with van der Waals surface area (Å²) in [6.45, 7) is 6.67. The molecule has 1 fully saturated rings. The van der Waals surface area contributed by atoms with Crippen LogP contribution in [0, 0.1) is 5.92 Å². The van der Waals surface area contributed by atoms with E-state index in [1.807, 2.05) is 6.92 Å². The van der Waals surface area contributed by atoms with Crippen LogP contribution in [0.3, 0.4) is 0 Å². The molecule has 1 saturated heterocycles. The lowest BCUT2D eigenvalue weighted by Crippen LogP contribution is -2.28. The average Bonchev–Trinajstić information content (AvgIpc) is 2.16. The average molecular weight is 167 g/mol. The Hall–Kier alpha value is -0.790. The molecule has 68 valence electrons. The van der Waals surface area contributed by atoms with Gasteiger partial charge in [-0.05, 0) is 26.2 Å². The quantitative estimate of drug-likeness (QED) is 0.625. The first-order valence-corrected chi connectivity index (χ1v) is 4.62. The third-order valence-electron chi connectivity index (χ3n) is 2.24. The molecule has 0 aliphatic carbocycles. The summed E-state index contributed by atoms with van der Waals surface area (Å²) >= 11 is 0. The molecule has 1 atom stereocenters. The van der Waals surface area contributed by atoms with Crippen LogP contribution in [0.2, 0.25) is 0 Å². The van der Waals surface area contributed by atoms with Crippen LogP contribution in [0.4, 0.5) is 0 Å². The second-order valence-electron chi connectivity index (χ2n) is 3.64. The fourth-order valence-corrected chi connectivity index (χ4v) is 1.62. The molecule has 0 radical (unpaired) electrons. The largest absolute Gasteiger partial charge is 0.356 e. The zero-order valence-corrected chi connectivity index (χ0v) is 7.73. The minimum Gasteiger partial charge on any atom is -0.356 e. The van der Waals surface area contributed by atoms with Gasteiger partial charge in [-0.15, -0.1) is 6.58 Å². The van der Waals surface area contributed by atoms with Crippen LogP contribution in [-0.4, -0.2) is 12.5 Å². The Bertz CT molecular complexity index is 186. The van der Waals surface area contributed by atoms with Crippen LogP contribution >= 0.6 is 0 Å². The monoisotopic (exact) mass is 167 g/mol. The SMILES string of the molecule is C=C(C)CC1CCCCNC1=O. The van der Waals surface area contributed by atoms with Crippen LogP contribution in [0.1, 0.15) is 32.6 Å². The minimum atomic E-state index is 0.185. The standard InChI is InChI=1S/C10H17NO/c1-8(2)7-9-5-3-4-6-11-10(9)12/h9H,1,3-7H2,2H3,(H,11,12). The lowest BCUT2D eigenvalue weighted by molar-refractivity contribution is -0.124. The number of amides is 1. The highest BCUT2D eigenvalue weighted by Crippen LogP contribution is 2.19. The van der Waals surface area contributed by atoms with Gasteiger partial charge in [0.15, 0.2) is 0 Å². The first kappa shape index (κ1) is 9.30. The minimum absolute atomic E-state index is 0.185. The number of carbonyl (C=O) groups excluding carboxylic acids is 1. The molecule has 1 unspecified atom stereocenters. The van der Waals surface area contributed by atoms with Crippen molar-refractivity contribution in [1.82, 2.24) is 5.32 Å². The van der Waals surface area contributed by atoms with Crippen molar-refractivity contribution in [2.45, 2.75) is 32.6 Å². The fraction of sp³-hybridized carbons (Fsp3) is 0.700. The van der Waals surface area contributed by atoms with Crippen molar-refractivity contribution in [3.63, 3.8) is 0 Å². The summed E-state index contributed by atoms with van der Waals surface area (Å²) in [7, 11) is 0. The maximum absolute atomic E-state index is 11.4. The number of carbonyl (C=O) groups is 1. The first-order valence-electron chi connectivity index (χ1n) is 4.62. The highest BCUT2D eigenvalue weighted by molar-refractivity contribution is 5.79. The molecule has 1 amide bonds. The molecule has 1 rings (SSSR count). The molecule has 0 aromatic rings. The van der Waals surface area contributed by atoms with Crippen molar-refractivity contribution in [2.75, 3.05) is 6.54 Å². The molecule has 12 heavy (non-hydrogen) atoms. The number of hydrogen-bond donors (Lipinski definition) is 1. The van der Waals surface area contributed by atoms with Gasteiger partial charge in [0.25, 0.3) is 0 Å². The van der Waals surface area contributed by atoms with Gasteiger partial charge in [0.2, 0.25) is 5.91 Å². The zero-order valence-electron chi connectivity index (χ0n) is 7.73. The number of allylic oxidation sites excluding steroid dienone is 1. The normalized spacial score (nSPS) is 24.4. The van der Waals surface area contributed by atoms with Gasteiger partial charge in [-0.3, -0.25) is 4.79 Å². The van der Waals surface area contributed by atoms with E-state index >= 15 is 0 Å². The summed E-state index contributed by atoms with van der Waals surface area (Å²) in [5.74, 6) is 0.403. The van der Waals surface area contributed by atoms with Crippen LogP contribution in [0.5, 0.6) is 0 Å². The van der Waals surface area contributed by atoms with Crippen LogP contribution < -0.4 is 5.32 Å². The molecule has 0 bridgehead atoms. The van der Waals surface area contributed by atoms with E-state index in [0.29, 0.717) is 0 Å².